The van der Waals surface area contributed by atoms with Crippen LogP contribution in [0.5, 0.6) is 0 Å². The average Bonchev–Trinajstić information content (AvgIpc) is 2.45. The molecule has 1 aromatic carbocycles. The number of methoxy groups -OCH3 is 1. The van der Waals surface area contributed by atoms with Crippen LogP contribution in [-0.4, -0.2) is 40.2 Å². The van der Waals surface area contributed by atoms with E-state index in [-0.39, 0.29) is 29.1 Å². The number of rotatable bonds is 6. The van der Waals surface area contributed by atoms with Crippen molar-refractivity contribution < 1.29 is 24.7 Å². The molecule has 110 valence electrons. The number of alkyl halides is 1. The minimum absolute atomic E-state index is 0.0556. The van der Waals surface area contributed by atoms with Crippen molar-refractivity contribution in [1.82, 2.24) is 0 Å². The number of benzene rings is 1. The van der Waals surface area contributed by atoms with Gasteiger partial charge < -0.3 is 14.9 Å². The number of nitro benzene ring substituents is 1. The monoisotopic (exact) mass is 303 g/mol. The third-order valence-electron chi connectivity index (χ3n) is 2.74. The van der Waals surface area contributed by atoms with Gasteiger partial charge in [0.1, 0.15) is 6.10 Å². The molecule has 0 heterocycles. The topological polar surface area (TPSA) is 110 Å². The number of nitro groups is 1. The summed E-state index contributed by atoms with van der Waals surface area (Å²) in [6.45, 7) is 0. The fourth-order valence-electron chi connectivity index (χ4n) is 1.68. The minimum Gasteiger partial charge on any atom is -0.465 e. The van der Waals surface area contributed by atoms with Crippen LogP contribution < -0.4 is 0 Å². The second-order valence-corrected chi connectivity index (χ2v) is 4.39. The highest BCUT2D eigenvalue weighted by Crippen LogP contribution is 2.27. The van der Waals surface area contributed by atoms with Crippen molar-refractivity contribution in [3.8, 4) is 0 Å². The van der Waals surface area contributed by atoms with Gasteiger partial charge in [-0.25, -0.2) is 4.79 Å². The smallest absolute Gasteiger partial charge is 0.338 e. The number of carbonyl (C=O) groups is 1. The Kier molecular flexibility index (Phi) is 5.87. The summed E-state index contributed by atoms with van der Waals surface area (Å²) in [6, 6.07) is 3.35. The second kappa shape index (κ2) is 7.18. The molecule has 2 atom stereocenters. The number of nitrogens with zero attached hydrogens (tertiary/aromatic N) is 1. The largest absolute Gasteiger partial charge is 0.465 e. The van der Waals surface area contributed by atoms with Crippen molar-refractivity contribution in [3.63, 3.8) is 0 Å². The van der Waals surface area contributed by atoms with Crippen molar-refractivity contribution >= 4 is 23.3 Å². The van der Waals surface area contributed by atoms with Gasteiger partial charge in [0, 0.05) is 18.0 Å². The molecule has 1 aromatic rings. The maximum absolute atomic E-state index is 11.6. The molecule has 0 bridgehead atoms. The highest BCUT2D eigenvalue weighted by atomic mass is 35.5. The summed E-state index contributed by atoms with van der Waals surface area (Å²) in [5.41, 5.74) is -0.420. The van der Waals surface area contributed by atoms with E-state index in [2.05, 4.69) is 4.74 Å². The Morgan fingerprint density at radius 2 is 2.15 bits per heavy atom. The van der Waals surface area contributed by atoms with E-state index in [1.54, 1.807) is 0 Å². The number of aliphatic hydroxyl groups excluding tert-OH is 2. The number of hydrogen-bond acceptors (Lipinski definition) is 6. The Bertz CT molecular complexity index is 507. The lowest BCUT2D eigenvalue weighted by atomic mass is 9.97. The van der Waals surface area contributed by atoms with E-state index in [1.165, 1.54) is 6.07 Å². The third kappa shape index (κ3) is 3.66. The molecule has 2 unspecified atom stereocenters. The van der Waals surface area contributed by atoms with Crippen LogP contribution in [0, 0.1) is 10.1 Å². The molecule has 0 fully saturated rings. The van der Waals surface area contributed by atoms with Crippen molar-refractivity contribution in [1.29, 1.82) is 0 Å². The van der Waals surface area contributed by atoms with Crippen LogP contribution in [-0.2, 0) is 4.74 Å². The number of hydrogen-bond donors (Lipinski definition) is 2. The van der Waals surface area contributed by atoms with Gasteiger partial charge in [-0.3, -0.25) is 10.1 Å². The van der Waals surface area contributed by atoms with Crippen LogP contribution in [0.15, 0.2) is 18.2 Å². The summed E-state index contributed by atoms with van der Waals surface area (Å²) in [5.74, 6) is -0.709. The first-order valence-electron chi connectivity index (χ1n) is 5.71. The summed E-state index contributed by atoms with van der Waals surface area (Å²) < 4.78 is 4.52. The number of esters is 1. The first-order valence-corrected chi connectivity index (χ1v) is 6.24. The van der Waals surface area contributed by atoms with Gasteiger partial charge in [-0.05, 0) is 18.1 Å². The molecule has 7 nitrogen and oxygen atoms in total. The van der Waals surface area contributed by atoms with E-state index in [4.69, 9.17) is 11.6 Å². The van der Waals surface area contributed by atoms with Gasteiger partial charge in [0.2, 0.25) is 0 Å². The fraction of sp³-hybridized carbons (Fsp3) is 0.417. The van der Waals surface area contributed by atoms with E-state index in [1.807, 2.05) is 0 Å². The molecule has 0 saturated heterocycles. The Hall–Kier alpha value is -1.70. The Morgan fingerprint density at radius 3 is 2.65 bits per heavy atom. The van der Waals surface area contributed by atoms with Crippen LogP contribution in [0.2, 0.25) is 0 Å². The molecule has 20 heavy (non-hydrogen) atoms. The molecule has 2 N–H and O–H groups in total. The normalized spacial score (nSPS) is 13.6. The molecule has 0 aliphatic rings. The number of aliphatic hydroxyl groups is 2. The molecular weight excluding hydrogens is 290 g/mol. The molecule has 1 rings (SSSR count). The van der Waals surface area contributed by atoms with Crippen LogP contribution >= 0.6 is 11.6 Å². The van der Waals surface area contributed by atoms with Crippen molar-refractivity contribution in [2.45, 2.75) is 18.6 Å². The maximum Gasteiger partial charge on any atom is 0.338 e. The van der Waals surface area contributed by atoms with Gasteiger partial charge in [-0.1, -0.05) is 0 Å². The highest BCUT2D eigenvalue weighted by molar-refractivity contribution is 6.17. The van der Waals surface area contributed by atoms with E-state index >= 15 is 0 Å². The van der Waals surface area contributed by atoms with Crippen molar-refractivity contribution in [2.24, 2.45) is 0 Å². The number of halogens is 1. The average molecular weight is 304 g/mol. The standard InChI is InChI=1S/C12H14ClNO6/c1-20-12(17)9-6-7(14(18)19)2-3-8(9)11(16)10(15)4-5-13/h2-3,6,10-11,15-16H,4-5H2,1H3. The number of carbonyl (C=O) groups excluding carboxylic acids is 1. The third-order valence-corrected chi connectivity index (χ3v) is 2.96. The van der Waals surface area contributed by atoms with Gasteiger partial charge in [0.05, 0.1) is 23.7 Å². The van der Waals surface area contributed by atoms with Crippen molar-refractivity contribution in [2.75, 3.05) is 13.0 Å². The Morgan fingerprint density at radius 1 is 1.50 bits per heavy atom. The zero-order chi connectivity index (χ0) is 15.3. The van der Waals surface area contributed by atoms with E-state index < -0.39 is 23.1 Å². The zero-order valence-electron chi connectivity index (χ0n) is 10.7. The fourth-order valence-corrected chi connectivity index (χ4v) is 1.90. The molecule has 0 aromatic heterocycles. The summed E-state index contributed by atoms with van der Waals surface area (Å²) in [5, 5.41) is 30.4. The molecule has 0 spiro atoms. The predicted molar refractivity (Wildman–Crippen MR) is 70.7 cm³/mol. The summed E-state index contributed by atoms with van der Waals surface area (Å²) in [7, 11) is 1.12. The predicted octanol–water partition coefficient (Wildman–Crippen LogP) is 1.40. The lowest BCUT2D eigenvalue weighted by molar-refractivity contribution is -0.384. The van der Waals surface area contributed by atoms with E-state index in [0.717, 1.165) is 19.2 Å². The van der Waals surface area contributed by atoms with Gasteiger partial charge in [0.15, 0.2) is 0 Å². The highest BCUT2D eigenvalue weighted by Gasteiger charge is 2.25. The Labute approximate surface area is 119 Å². The molecule has 0 aliphatic carbocycles. The molecule has 0 saturated carbocycles. The number of non-ortho nitro benzene ring substituents is 1. The van der Waals surface area contributed by atoms with Gasteiger partial charge in [0.25, 0.3) is 5.69 Å². The number of ether oxygens (including phenoxy) is 1. The Balaban J connectivity index is 3.24. The first kappa shape index (κ1) is 16.4. The molecule has 8 heteroatoms. The molecule has 0 amide bonds. The van der Waals surface area contributed by atoms with E-state index in [0.29, 0.717) is 0 Å². The summed E-state index contributed by atoms with van der Waals surface area (Å²) in [4.78, 5) is 21.7. The molecule has 0 radical (unpaired) electrons. The van der Waals surface area contributed by atoms with Crippen LogP contribution in [0.4, 0.5) is 5.69 Å². The summed E-state index contributed by atoms with van der Waals surface area (Å²) in [6.07, 6.45) is -2.46. The lowest BCUT2D eigenvalue weighted by Crippen LogP contribution is -2.21. The zero-order valence-corrected chi connectivity index (χ0v) is 11.4. The first-order chi connectivity index (χ1) is 9.42. The maximum atomic E-state index is 11.6. The van der Waals surface area contributed by atoms with Crippen LogP contribution in [0.25, 0.3) is 0 Å². The molecule has 0 aliphatic heterocycles. The second-order valence-electron chi connectivity index (χ2n) is 4.01. The minimum atomic E-state index is -1.39. The van der Waals surface area contributed by atoms with Crippen LogP contribution in [0.3, 0.4) is 0 Å². The van der Waals surface area contributed by atoms with Crippen molar-refractivity contribution in [3.05, 3.63) is 39.4 Å². The van der Waals surface area contributed by atoms with E-state index in [9.17, 15) is 25.1 Å². The SMILES string of the molecule is COC(=O)c1cc([N+](=O)[O-])ccc1C(O)C(O)CCCl. The lowest BCUT2D eigenvalue weighted by Gasteiger charge is -2.19. The van der Waals surface area contributed by atoms with Gasteiger partial charge in [-0.15, -0.1) is 11.6 Å². The molecular formula is C12H14ClNO6. The quantitative estimate of drug-likeness (QED) is 0.356. The van der Waals surface area contributed by atoms with Gasteiger partial charge >= 0.3 is 5.97 Å². The van der Waals surface area contributed by atoms with Crippen LogP contribution in [0.1, 0.15) is 28.4 Å². The van der Waals surface area contributed by atoms with Gasteiger partial charge in [-0.2, -0.15) is 0 Å². The summed E-state index contributed by atoms with van der Waals surface area (Å²) >= 11 is 5.47.